The Hall–Kier alpha value is -3.51. The Balaban J connectivity index is 1.76. The molecular formula is C26H24N2O3S. The number of ether oxygens (including phenoxy) is 2. The van der Waals surface area contributed by atoms with E-state index >= 15 is 0 Å². The normalized spacial score (nSPS) is 10.7. The summed E-state index contributed by atoms with van der Waals surface area (Å²) in [4.78, 5) is 15.0. The van der Waals surface area contributed by atoms with E-state index < -0.39 is 5.97 Å². The molecule has 0 N–H and O–H groups in total. The van der Waals surface area contributed by atoms with Gasteiger partial charge in [0.2, 0.25) is 5.88 Å². The lowest BCUT2D eigenvalue weighted by Gasteiger charge is -2.12. The maximum absolute atomic E-state index is 13.2. The number of carbonyl (C=O) groups excluding carboxylic acids is 1. The molecule has 0 saturated carbocycles. The topological polar surface area (TPSA) is 53.4 Å². The molecule has 1 heterocycles. The molecular weight excluding hydrogens is 420 g/mol. The summed E-state index contributed by atoms with van der Waals surface area (Å²) in [7, 11) is 0. The minimum atomic E-state index is -0.489. The van der Waals surface area contributed by atoms with Gasteiger partial charge >= 0.3 is 5.97 Å². The van der Waals surface area contributed by atoms with E-state index in [0.29, 0.717) is 23.8 Å². The third kappa shape index (κ3) is 4.70. The highest BCUT2D eigenvalue weighted by Crippen LogP contribution is 2.39. The largest absolute Gasteiger partial charge is 0.493 e. The number of benzene rings is 3. The predicted octanol–water partition coefficient (Wildman–Crippen LogP) is 6.26. The van der Waals surface area contributed by atoms with Crippen LogP contribution in [0.2, 0.25) is 0 Å². The number of hydrogen-bond acceptors (Lipinski definition) is 5. The first-order valence-electron chi connectivity index (χ1n) is 10.4. The van der Waals surface area contributed by atoms with Gasteiger partial charge in [-0.3, -0.25) is 0 Å². The fraction of sp³-hybridized carbons (Fsp3) is 0.154. The van der Waals surface area contributed by atoms with Gasteiger partial charge in [0.25, 0.3) is 0 Å². The van der Waals surface area contributed by atoms with Crippen molar-refractivity contribution < 1.29 is 14.3 Å². The fourth-order valence-electron chi connectivity index (χ4n) is 3.23. The molecule has 0 aliphatic carbocycles. The van der Waals surface area contributed by atoms with Crippen LogP contribution >= 0.6 is 11.8 Å². The van der Waals surface area contributed by atoms with E-state index in [1.54, 1.807) is 22.9 Å². The zero-order chi connectivity index (χ0) is 22.5. The maximum Gasteiger partial charge on any atom is 0.348 e. The molecule has 1 aromatic heterocycles. The number of para-hydroxylation sites is 2. The standard InChI is InChI=1S/C26H24N2O3S/c1-4-30-23-13-9-8-12-22(23)26(29)31-25-24(32-21-16-14-18(2)15-17-21)19(3)27-28(25)20-10-6-5-7-11-20/h5-17H,4H2,1-3H3. The first kappa shape index (κ1) is 21.7. The Morgan fingerprint density at radius 1 is 0.938 bits per heavy atom. The summed E-state index contributed by atoms with van der Waals surface area (Å²) >= 11 is 1.52. The second kappa shape index (κ2) is 9.75. The van der Waals surface area contributed by atoms with Gasteiger partial charge in [0, 0.05) is 4.90 Å². The predicted molar refractivity (Wildman–Crippen MR) is 126 cm³/mol. The molecule has 5 nitrogen and oxygen atoms in total. The molecule has 162 valence electrons. The quantitative estimate of drug-likeness (QED) is 0.315. The van der Waals surface area contributed by atoms with Crippen molar-refractivity contribution >= 4 is 17.7 Å². The van der Waals surface area contributed by atoms with Crippen LogP contribution in [0, 0.1) is 13.8 Å². The van der Waals surface area contributed by atoms with Crippen molar-refractivity contribution in [2.75, 3.05) is 6.61 Å². The summed E-state index contributed by atoms with van der Waals surface area (Å²) in [6.07, 6.45) is 0. The van der Waals surface area contributed by atoms with Gasteiger partial charge in [-0.05, 0) is 57.2 Å². The molecule has 6 heteroatoms. The average Bonchev–Trinajstić information content (AvgIpc) is 3.11. The molecule has 0 unspecified atom stereocenters. The zero-order valence-electron chi connectivity index (χ0n) is 18.2. The SMILES string of the molecule is CCOc1ccccc1C(=O)Oc1c(Sc2ccc(C)cc2)c(C)nn1-c1ccccc1. The summed E-state index contributed by atoms with van der Waals surface area (Å²) in [6.45, 7) is 6.31. The van der Waals surface area contributed by atoms with Crippen LogP contribution in [0.25, 0.3) is 5.69 Å². The van der Waals surface area contributed by atoms with Crippen LogP contribution < -0.4 is 9.47 Å². The lowest BCUT2D eigenvalue weighted by Crippen LogP contribution is -2.14. The molecule has 0 amide bonds. The summed E-state index contributed by atoms with van der Waals surface area (Å²) < 4.78 is 13.3. The molecule has 0 bridgehead atoms. The minimum absolute atomic E-state index is 0.374. The second-order valence-corrected chi connectivity index (χ2v) is 8.28. The number of aryl methyl sites for hydroxylation is 2. The van der Waals surface area contributed by atoms with Gasteiger partial charge in [-0.1, -0.05) is 59.8 Å². The summed E-state index contributed by atoms with van der Waals surface area (Å²) in [5, 5.41) is 4.69. The van der Waals surface area contributed by atoms with Crippen LogP contribution in [0.3, 0.4) is 0 Å². The number of esters is 1. The molecule has 0 aliphatic rings. The van der Waals surface area contributed by atoms with E-state index in [2.05, 4.69) is 36.3 Å². The van der Waals surface area contributed by atoms with E-state index in [4.69, 9.17) is 9.47 Å². The molecule has 3 aromatic carbocycles. The van der Waals surface area contributed by atoms with E-state index in [0.717, 1.165) is 21.2 Å². The molecule has 0 aliphatic heterocycles. The van der Waals surface area contributed by atoms with Crippen molar-refractivity contribution in [1.29, 1.82) is 0 Å². The number of hydrogen-bond donors (Lipinski definition) is 0. The van der Waals surface area contributed by atoms with Gasteiger partial charge in [0.15, 0.2) is 0 Å². The highest BCUT2D eigenvalue weighted by Gasteiger charge is 2.24. The Kier molecular flexibility index (Phi) is 6.61. The molecule has 0 spiro atoms. The smallest absolute Gasteiger partial charge is 0.348 e. The van der Waals surface area contributed by atoms with Crippen LogP contribution in [-0.4, -0.2) is 22.4 Å². The highest BCUT2D eigenvalue weighted by molar-refractivity contribution is 7.99. The fourth-order valence-corrected chi connectivity index (χ4v) is 4.14. The van der Waals surface area contributed by atoms with Crippen molar-refractivity contribution in [3.8, 4) is 17.3 Å². The van der Waals surface area contributed by atoms with Crippen molar-refractivity contribution in [2.45, 2.75) is 30.6 Å². The Bertz CT molecular complexity index is 1220. The second-order valence-electron chi connectivity index (χ2n) is 7.20. The molecule has 0 atom stereocenters. The number of nitrogens with zero attached hydrogens (tertiary/aromatic N) is 2. The van der Waals surface area contributed by atoms with Gasteiger partial charge in [-0.15, -0.1) is 0 Å². The van der Waals surface area contributed by atoms with Crippen LogP contribution in [0.5, 0.6) is 11.6 Å². The van der Waals surface area contributed by atoms with Crippen LogP contribution in [-0.2, 0) is 0 Å². The van der Waals surface area contributed by atoms with Crippen molar-refractivity contribution in [3.05, 3.63) is 95.7 Å². The Labute approximate surface area is 192 Å². The maximum atomic E-state index is 13.2. The van der Waals surface area contributed by atoms with E-state index in [-0.39, 0.29) is 0 Å². The van der Waals surface area contributed by atoms with Crippen molar-refractivity contribution in [3.63, 3.8) is 0 Å². The van der Waals surface area contributed by atoms with Crippen molar-refractivity contribution in [1.82, 2.24) is 9.78 Å². The Morgan fingerprint density at radius 2 is 1.62 bits per heavy atom. The molecule has 32 heavy (non-hydrogen) atoms. The number of rotatable bonds is 7. The summed E-state index contributed by atoms with van der Waals surface area (Å²) in [5.74, 6) is 0.391. The summed E-state index contributed by atoms with van der Waals surface area (Å²) in [5.41, 5.74) is 3.15. The number of carbonyl (C=O) groups is 1. The third-order valence-electron chi connectivity index (χ3n) is 4.80. The molecule has 0 saturated heterocycles. The van der Waals surface area contributed by atoms with Gasteiger partial charge in [0.1, 0.15) is 11.3 Å². The van der Waals surface area contributed by atoms with Crippen LogP contribution in [0.4, 0.5) is 0 Å². The monoisotopic (exact) mass is 444 g/mol. The zero-order valence-corrected chi connectivity index (χ0v) is 19.1. The van der Waals surface area contributed by atoms with Crippen LogP contribution in [0.15, 0.2) is 88.7 Å². The van der Waals surface area contributed by atoms with E-state index in [9.17, 15) is 4.79 Å². The first-order valence-corrected chi connectivity index (χ1v) is 11.2. The van der Waals surface area contributed by atoms with Crippen LogP contribution in [0.1, 0.15) is 28.5 Å². The van der Waals surface area contributed by atoms with Gasteiger partial charge < -0.3 is 9.47 Å². The Morgan fingerprint density at radius 3 is 2.34 bits per heavy atom. The highest BCUT2D eigenvalue weighted by atomic mass is 32.2. The lowest BCUT2D eigenvalue weighted by atomic mass is 10.2. The molecule has 0 radical (unpaired) electrons. The van der Waals surface area contributed by atoms with Gasteiger partial charge in [-0.25, -0.2) is 4.79 Å². The van der Waals surface area contributed by atoms with Crippen molar-refractivity contribution in [2.24, 2.45) is 0 Å². The molecule has 4 rings (SSSR count). The van der Waals surface area contributed by atoms with Gasteiger partial charge in [0.05, 0.1) is 22.9 Å². The first-order chi connectivity index (χ1) is 15.6. The van der Waals surface area contributed by atoms with E-state index in [1.807, 2.05) is 50.2 Å². The van der Waals surface area contributed by atoms with E-state index in [1.165, 1.54) is 17.3 Å². The molecule has 4 aromatic rings. The summed E-state index contributed by atoms with van der Waals surface area (Å²) in [6, 6.07) is 25.0. The van der Waals surface area contributed by atoms with Gasteiger partial charge in [-0.2, -0.15) is 9.78 Å². The minimum Gasteiger partial charge on any atom is -0.493 e. The number of aromatic nitrogens is 2. The lowest BCUT2D eigenvalue weighted by molar-refractivity contribution is 0.0714. The average molecular weight is 445 g/mol. The molecule has 0 fully saturated rings. The third-order valence-corrected chi connectivity index (χ3v) is 5.99.